The largest absolute Gasteiger partial charge is 0.393 e. The zero-order valence-corrected chi connectivity index (χ0v) is 11.8. The molecular weight excluding hydrogens is 246 g/mol. The Morgan fingerprint density at radius 1 is 1.37 bits per heavy atom. The Balaban J connectivity index is 2.12. The molecular formula is C13H23N3O3. The summed E-state index contributed by atoms with van der Waals surface area (Å²) in [5, 5.41) is 18.4. The van der Waals surface area contributed by atoms with Gasteiger partial charge >= 0.3 is 6.03 Å². The van der Waals surface area contributed by atoms with Gasteiger partial charge in [0, 0.05) is 18.7 Å². The first kappa shape index (κ1) is 15.5. The Hall–Kier alpha value is -1.56. The van der Waals surface area contributed by atoms with Crippen molar-refractivity contribution in [3.63, 3.8) is 0 Å². The fourth-order valence-corrected chi connectivity index (χ4v) is 1.78. The fourth-order valence-electron chi connectivity index (χ4n) is 1.78. The first-order valence-electron chi connectivity index (χ1n) is 6.62. The van der Waals surface area contributed by atoms with Gasteiger partial charge in [-0.25, -0.2) is 4.79 Å². The van der Waals surface area contributed by atoms with Crippen LogP contribution in [0.2, 0.25) is 0 Å². The number of aliphatic hydroxyl groups is 1. The van der Waals surface area contributed by atoms with E-state index < -0.39 is 0 Å². The molecule has 0 aliphatic heterocycles. The van der Waals surface area contributed by atoms with E-state index in [0.717, 1.165) is 29.9 Å². The highest BCUT2D eigenvalue weighted by atomic mass is 16.5. The molecule has 19 heavy (non-hydrogen) atoms. The van der Waals surface area contributed by atoms with Crippen molar-refractivity contribution in [2.45, 2.75) is 46.1 Å². The normalized spacial score (nSPS) is 12.2. The zero-order valence-electron chi connectivity index (χ0n) is 11.8. The van der Waals surface area contributed by atoms with Gasteiger partial charge in [0.05, 0.1) is 11.8 Å². The van der Waals surface area contributed by atoms with E-state index in [1.807, 2.05) is 13.8 Å². The molecule has 0 spiro atoms. The monoisotopic (exact) mass is 269 g/mol. The zero-order chi connectivity index (χ0) is 14.3. The summed E-state index contributed by atoms with van der Waals surface area (Å²) in [6.07, 6.45) is 1.86. The molecule has 0 aromatic carbocycles. The number of nitrogens with one attached hydrogen (secondary N) is 2. The van der Waals surface area contributed by atoms with Gasteiger partial charge in [-0.1, -0.05) is 5.16 Å². The predicted octanol–water partition coefficient (Wildman–Crippen LogP) is 1.29. The number of aryl methyl sites for hydroxylation is 2. The van der Waals surface area contributed by atoms with Crippen molar-refractivity contribution in [2.24, 2.45) is 0 Å². The van der Waals surface area contributed by atoms with Gasteiger partial charge in [-0.3, -0.25) is 0 Å². The summed E-state index contributed by atoms with van der Waals surface area (Å²) in [5.41, 5.74) is 2.04. The third-order valence-electron chi connectivity index (χ3n) is 2.92. The molecule has 0 bridgehead atoms. The van der Waals surface area contributed by atoms with Gasteiger partial charge in [0.15, 0.2) is 0 Å². The molecule has 1 rings (SSSR count). The highest BCUT2D eigenvalue weighted by Crippen LogP contribution is 2.13. The van der Waals surface area contributed by atoms with Crippen molar-refractivity contribution >= 4 is 6.03 Å². The van der Waals surface area contributed by atoms with Crippen molar-refractivity contribution in [3.8, 4) is 0 Å². The quantitative estimate of drug-likeness (QED) is 0.651. The molecule has 1 aromatic rings. The van der Waals surface area contributed by atoms with Gasteiger partial charge in [0.1, 0.15) is 5.76 Å². The highest BCUT2D eigenvalue weighted by Gasteiger charge is 2.08. The van der Waals surface area contributed by atoms with E-state index in [1.54, 1.807) is 6.92 Å². The van der Waals surface area contributed by atoms with Crippen molar-refractivity contribution in [1.82, 2.24) is 15.8 Å². The molecule has 0 aliphatic rings. The van der Waals surface area contributed by atoms with Crippen LogP contribution < -0.4 is 10.6 Å². The Kier molecular flexibility index (Phi) is 6.35. The van der Waals surface area contributed by atoms with Crippen LogP contribution in [-0.4, -0.2) is 35.5 Å². The predicted molar refractivity (Wildman–Crippen MR) is 72.0 cm³/mol. The molecule has 0 saturated carbocycles. The van der Waals surface area contributed by atoms with Crippen LogP contribution in [0.15, 0.2) is 4.52 Å². The average Bonchev–Trinajstić information content (AvgIpc) is 2.65. The Morgan fingerprint density at radius 2 is 2.05 bits per heavy atom. The maximum atomic E-state index is 11.4. The summed E-state index contributed by atoms with van der Waals surface area (Å²) in [5.74, 6) is 0.846. The molecule has 1 atom stereocenters. The lowest BCUT2D eigenvalue weighted by Crippen LogP contribution is -2.37. The number of urea groups is 1. The minimum absolute atomic E-state index is 0.195. The Bertz CT molecular complexity index is 382. The number of amides is 2. The van der Waals surface area contributed by atoms with Gasteiger partial charge in [-0.05, 0) is 40.0 Å². The molecule has 2 amide bonds. The molecule has 108 valence electrons. The van der Waals surface area contributed by atoms with E-state index in [4.69, 9.17) is 9.63 Å². The highest BCUT2D eigenvalue weighted by molar-refractivity contribution is 5.73. The number of aromatic nitrogens is 1. The number of nitrogens with zero attached hydrogens (tertiary/aromatic N) is 1. The molecule has 6 nitrogen and oxygen atoms in total. The van der Waals surface area contributed by atoms with Crippen LogP contribution in [0.3, 0.4) is 0 Å². The first-order chi connectivity index (χ1) is 9.00. The van der Waals surface area contributed by atoms with Gasteiger partial charge < -0.3 is 20.3 Å². The second-order valence-corrected chi connectivity index (χ2v) is 4.73. The maximum absolute atomic E-state index is 11.4. The summed E-state index contributed by atoms with van der Waals surface area (Å²) in [6.45, 7) is 6.59. The van der Waals surface area contributed by atoms with E-state index in [2.05, 4.69) is 15.8 Å². The number of hydrogen-bond donors (Lipinski definition) is 3. The number of carbonyl (C=O) groups is 1. The van der Waals surface area contributed by atoms with Crippen LogP contribution >= 0.6 is 0 Å². The Morgan fingerprint density at radius 3 is 2.63 bits per heavy atom. The first-order valence-corrected chi connectivity index (χ1v) is 6.62. The van der Waals surface area contributed by atoms with E-state index in [9.17, 15) is 4.79 Å². The topological polar surface area (TPSA) is 87.4 Å². The standard InChI is InChI=1S/C13H23N3O3/c1-9(17)6-8-15-13(18)14-7-4-5-12-10(2)16-19-11(12)3/h9,17H,4-8H2,1-3H3,(H2,14,15,18). The molecule has 0 fully saturated rings. The van der Waals surface area contributed by atoms with Crippen LogP contribution in [-0.2, 0) is 6.42 Å². The lowest BCUT2D eigenvalue weighted by atomic mass is 10.1. The fraction of sp³-hybridized carbons (Fsp3) is 0.692. The second kappa shape index (κ2) is 7.78. The van der Waals surface area contributed by atoms with Crippen LogP contribution in [0.5, 0.6) is 0 Å². The summed E-state index contributed by atoms with van der Waals surface area (Å²) in [7, 11) is 0. The van der Waals surface area contributed by atoms with Crippen LogP contribution in [0, 0.1) is 13.8 Å². The molecule has 1 unspecified atom stereocenters. The summed E-state index contributed by atoms with van der Waals surface area (Å²) in [4.78, 5) is 11.4. The van der Waals surface area contributed by atoms with Crippen LogP contribution in [0.4, 0.5) is 4.79 Å². The van der Waals surface area contributed by atoms with E-state index >= 15 is 0 Å². The lowest BCUT2D eigenvalue weighted by Gasteiger charge is -2.08. The number of rotatable bonds is 7. The second-order valence-electron chi connectivity index (χ2n) is 4.73. The molecule has 0 saturated heterocycles. The SMILES string of the molecule is Cc1noc(C)c1CCCNC(=O)NCCC(C)O. The van der Waals surface area contributed by atoms with Crippen LogP contribution in [0.1, 0.15) is 36.8 Å². The molecule has 1 heterocycles. The van der Waals surface area contributed by atoms with Gasteiger partial charge in [-0.15, -0.1) is 0 Å². The van der Waals surface area contributed by atoms with Crippen LogP contribution in [0.25, 0.3) is 0 Å². The van der Waals surface area contributed by atoms with E-state index in [-0.39, 0.29) is 12.1 Å². The van der Waals surface area contributed by atoms with E-state index in [1.165, 1.54) is 0 Å². The van der Waals surface area contributed by atoms with E-state index in [0.29, 0.717) is 19.5 Å². The third kappa shape index (κ3) is 5.74. The molecule has 6 heteroatoms. The van der Waals surface area contributed by atoms with Gasteiger partial charge in [0.25, 0.3) is 0 Å². The summed E-state index contributed by atoms with van der Waals surface area (Å²) in [6, 6.07) is -0.195. The average molecular weight is 269 g/mol. The molecule has 1 aromatic heterocycles. The molecule has 0 aliphatic carbocycles. The minimum Gasteiger partial charge on any atom is -0.393 e. The van der Waals surface area contributed by atoms with Crippen molar-refractivity contribution < 1.29 is 14.4 Å². The summed E-state index contributed by atoms with van der Waals surface area (Å²) < 4.78 is 5.08. The van der Waals surface area contributed by atoms with Gasteiger partial charge in [0.2, 0.25) is 0 Å². The Labute approximate surface area is 113 Å². The minimum atomic E-state index is -0.389. The number of aliphatic hydroxyl groups excluding tert-OH is 1. The molecule has 0 radical (unpaired) electrons. The van der Waals surface area contributed by atoms with Gasteiger partial charge in [-0.2, -0.15) is 0 Å². The van der Waals surface area contributed by atoms with Crippen molar-refractivity contribution in [3.05, 3.63) is 17.0 Å². The third-order valence-corrected chi connectivity index (χ3v) is 2.92. The maximum Gasteiger partial charge on any atom is 0.314 e. The lowest BCUT2D eigenvalue weighted by molar-refractivity contribution is 0.183. The molecule has 3 N–H and O–H groups in total. The smallest absolute Gasteiger partial charge is 0.314 e. The number of hydrogen-bond acceptors (Lipinski definition) is 4. The van der Waals surface area contributed by atoms with Crippen molar-refractivity contribution in [2.75, 3.05) is 13.1 Å². The number of carbonyl (C=O) groups excluding carboxylic acids is 1. The van der Waals surface area contributed by atoms with Crippen molar-refractivity contribution in [1.29, 1.82) is 0 Å². The summed E-state index contributed by atoms with van der Waals surface area (Å²) >= 11 is 0.